The zero-order valence-electron chi connectivity index (χ0n) is 20.8. The first kappa shape index (κ1) is 25.2. The first-order valence-corrected chi connectivity index (χ1v) is 15.4. The molecule has 9 heteroatoms. The molecule has 1 unspecified atom stereocenters. The third kappa shape index (κ3) is 7.04. The van der Waals surface area contributed by atoms with Crippen molar-refractivity contribution < 1.29 is 19.1 Å². The lowest BCUT2D eigenvalue weighted by molar-refractivity contribution is 0.0206. The Morgan fingerprint density at radius 2 is 2.09 bits per heavy atom. The average Bonchev–Trinajstić information content (AvgIpc) is 3.13. The minimum absolute atomic E-state index is 0.0203. The van der Waals surface area contributed by atoms with Crippen LogP contribution in [0.3, 0.4) is 0 Å². The van der Waals surface area contributed by atoms with Crippen LogP contribution in [0.1, 0.15) is 44.0 Å². The first-order valence-electron chi connectivity index (χ1n) is 11.7. The van der Waals surface area contributed by atoms with Gasteiger partial charge in [-0.1, -0.05) is 19.6 Å². The molecule has 1 N–H and O–H groups in total. The van der Waals surface area contributed by atoms with E-state index >= 15 is 0 Å². The van der Waals surface area contributed by atoms with E-state index in [1.807, 2.05) is 37.6 Å². The number of aldehydes is 1. The molecule has 1 saturated heterocycles. The average molecular weight is 475 g/mol. The monoisotopic (exact) mass is 474 g/mol. The van der Waals surface area contributed by atoms with Crippen LogP contribution < -0.4 is 5.32 Å². The summed E-state index contributed by atoms with van der Waals surface area (Å²) in [4.78, 5) is 30.5. The standard InChI is InChI=1S/C24H38N4O4Si/c1-24(2,3)32-23(30)27-10-7-8-19(15-27)26-21-18(16-29)14-25-22-20(21)9-11-28(22)17-31-12-13-33(4,5)6/h9,11,14,16,19H,7-8,10,12-13,15,17H2,1-6H3,(H,25,26). The number of hydrogen-bond donors (Lipinski definition) is 1. The lowest BCUT2D eigenvalue weighted by atomic mass is 10.0. The number of amides is 1. The smallest absolute Gasteiger partial charge is 0.410 e. The van der Waals surface area contributed by atoms with Crippen LogP contribution in [0.4, 0.5) is 10.5 Å². The molecule has 3 rings (SSSR count). The van der Waals surface area contributed by atoms with E-state index in [0.717, 1.165) is 48.5 Å². The van der Waals surface area contributed by atoms with Crippen molar-refractivity contribution in [3.63, 3.8) is 0 Å². The predicted octanol–water partition coefficient (Wildman–Crippen LogP) is 4.97. The van der Waals surface area contributed by atoms with Gasteiger partial charge in [-0.15, -0.1) is 0 Å². The summed E-state index contributed by atoms with van der Waals surface area (Å²) in [6.07, 6.45) is 5.84. The van der Waals surface area contributed by atoms with Crippen molar-refractivity contribution in [3.8, 4) is 0 Å². The number of carbonyl (C=O) groups is 2. The van der Waals surface area contributed by atoms with E-state index in [-0.39, 0.29) is 12.1 Å². The first-order chi connectivity index (χ1) is 15.5. The number of nitrogens with zero attached hydrogens (tertiary/aromatic N) is 3. The van der Waals surface area contributed by atoms with Gasteiger partial charge in [0.25, 0.3) is 0 Å². The fourth-order valence-corrected chi connectivity index (χ4v) is 4.60. The molecule has 2 aromatic heterocycles. The van der Waals surface area contributed by atoms with Crippen molar-refractivity contribution in [1.29, 1.82) is 0 Å². The summed E-state index contributed by atoms with van der Waals surface area (Å²) in [5.41, 5.74) is 1.51. The van der Waals surface area contributed by atoms with Crippen LogP contribution >= 0.6 is 0 Å². The maximum Gasteiger partial charge on any atom is 0.410 e. The molecule has 0 saturated carbocycles. The van der Waals surface area contributed by atoms with Gasteiger partial charge >= 0.3 is 6.09 Å². The molecule has 1 amide bonds. The highest BCUT2D eigenvalue weighted by Crippen LogP contribution is 2.28. The van der Waals surface area contributed by atoms with E-state index in [9.17, 15) is 9.59 Å². The zero-order valence-corrected chi connectivity index (χ0v) is 21.8. The van der Waals surface area contributed by atoms with Crippen molar-refractivity contribution in [2.24, 2.45) is 0 Å². The topological polar surface area (TPSA) is 85.7 Å². The Kier molecular flexibility index (Phi) is 7.84. The van der Waals surface area contributed by atoms with Gasteiger partial charge in [0.05, 0.1) is 11.3 Å². The Balaban J connectivity index is 1.73. The van der Waals surface area contributed by atoms with Gasteiger partial charge in [0.15, 0.2) is 6.29 Å². The normalized spacial score (nSPS) is 17.3. The summed E-state index contributed by atoms with van der Waals surface area (Å²) in [5, 5.41) is 4.40. The molecular formula is C24H38N4O4Si. The van der Waals surface area contributed by atoms with Gasteiger partial charge in [-0.25, -0.2) is 9.78 Å². The minimum Gasteiger partial charge on any atom is -0.444 e. The SMILES string of the molecule is CC(C)(C)OC(=O)N1CCCC(Nc2c(C=O)cnc3c2ccn3COCC[Si](C)(C)C)C1. The van der Waals surface area contributed by atoms with Crippen molar-refractivity contribution >= 4 is 37.2 Å². The molecule has 1 aliphatic heterocycles. The summed E-state index contributed by atoms with van der Waals surface area (Å²) in [6.45, 7) is 15.0. The van der Waals surface area contributed by atoms with E-state index in [1.165, 1.54) is 0 Å². The van der Waals surface area contributed by atoms with Crippen LogP contribution in [-0.4, -0.2) is 66.2 Å². The van der Waals surface area contributed by atoms with E-state index in [2.05, 4.69) is 29.9 Å². The Morgan fingerprint density at radius 3 is 2.76 bits per heavy atom. The predicted molar refractivity (Wildman–Crippen MR) is 134 cm³/mol. The van der Waals surface area contributed by atoms with Crippen molar-refractivity contribution in [1.82, 2.24) is 14.5 Å². The van der Waals surface area contributed by atoms with Gasteiger partial charge in [-0.05, 0) is 45.7 Å². The van der Waals surface area contributed by atoms with Gasteiger partial charge in [-0.3, -0.25) is 4.79 Å². The Labute approximate surface area is 197 Å². The molecule has 0 aromatic carbocycles. The van der Waals surface area contributed by atoms with Crippen LogP contribution in [0.5, 0.6) is 0 Å². The molecule has 33 heavy (non-hydrogen) atoms. The summed E-state index contributed by atoms with van der Waals surface area (Å²) in [7, 11) is -1.14. The Bertz CT molecular complexity index is 977. The number of rotatable bonds is 8. The molecule has 0 bridgehead atoms. The number of ether oxygens (including phenoxy) is 2. The van der Waals surface area contributed by atoms with Crippen LogP contribution in [0.25, 0.3) is 11.0 Å². The summed E-state index contributed by atoms with van der Waals surface area (Å²) in [6, 6.07) is 3.10. The molecule has 182 valence electrons. The molecule has 3 heterocycles. The molecule has 1 atom stereocenters. The number of anilines is 1. The van der Waals surface area contributed by atoms with E-state index < -0.39 is 13.7 Å². The van der Waals surface area contributed by atoms with E-state index in [1.54, 1.807) is 11.1 Å². The number of aromatic nitrogens is 2. The fourth-order valence-electron chi connectivity index (χ4n) is 3.84. The van der Waals surface area contributed by atoms with E-state index in [0.29, 0.717) is 25.4 Å². The van der Waals surface area contributed by atoms with Crippen LogP contribution in [0, 0.1) is 0 Å². The maximum absolute atomic E-state index is 12.5. The molecule has 1 aliphatic rings. The van der Waals surface area contributed by atoms with Crippen molar-refractivity contribution in [2.75, 3.05) is 25.0 Å². The number of hydrogen-bond acceptors (Lipinski definition) is 6. The van der Waals surface area contributed by atoms with Crippen LogP contribution in [0.15, 0.2) is 18.5 Å². The fraction of sp³-hybridized carbons (Fsp3) is 0.625. The summed E-state index contributed by atoms with van der Waals surface area (Å²) in [5.74, 6) is 0. The number of pyridine rings is 1. The van der Waals surface area contributed by atoms with Gasteiger partial charge in [0.1, 0.15) is 18.0 Å². The Morgan fingerprint density at radius 1 is 1.33 bits per heavy atom. The third-order valence-electron chi connectivity index (χ3n) is 5.59. The zero-order chi connectivity index (χ0) is 24.2. The Hall–Kier alpha value is -2.39. The number of nitrogens with one attached hydrogen (secondary N) is 1. The van der Waals surface area contributed by atoms with Crippen LogP contribution in [0.2, 0.25) is 25.7 Å². The largest absolute Gasteiger partial charge is 0.444 e. The highest BCUT2D eigenvalue weighted by atomic mass is 28.3. The van der Waals surface area contributed by atoms with Gasteiger partial charge < -0.3 is 24.3 Å². The third-order valence-corrected chi connectivity index (χ3v) is 7.30. The van der Waals surface area contributed by atoms with Gasteiger partial charge in [0, 0.05) is 51.6 Å². The lowest BCUT2D eigenvalue weighted by Gasteiger charge is -2.35. The second kappa shape index (κ2) is 10.3. The second-order valence-electron chi connectivity index (χ2n) is 11.0. The summed E-state index contributed by atoms with van der Waals surface area (Å²) >= 11 is 0. The maximum atomic E-state index is 12.5. The molecule has 8 nitrogen and oxygen atoms in total. The molecule has 0 radical (unpaired) electrons. The molecule has 0 aliphatic carbocycles. The lowest BCUT2D eigenvalue weighted by Crippen LogP contribution is -2.47. The number of piperidine rings is 1. The van der Waals surface area contributed by atoms with Gasteiger partial charge in [0.2, 0.25) is 0 Å². The van der Waals surface area contributed by atoms with Gasteiger partial charge in [-0.2, -0.15) is 0 Å². The van der Waals surface area contributed by atoms with Crippen molar-refractivity contribution in [2.45, 2.75) is 77.7 Å². The highest BCUT2D eigenvalue weighted by molar-refractivity contribution is 6.76. The molecular weight excluding hydrogens is 436 g/mol. The van der Waals surface area contributed by atoms with E-state index in [4.69, 9.17) is 9.47 Å². The molecule has 2 aromatic rings. The second-order valence-corrected chi connectivity index (χ2v) is 16.6. The quantitative estimate of drug-likeness (QED) is 0.330. The van der Waals surface area contributed by atoms with Crippen LogP contribution in [-0.2, 0) is 16.2 Å². The highest BCUT2D eigenvalue weighted by Gasteiger charge is 2.28. The number of likely N-dealkylation sites (tertiary alicyclic amines) is 1. The van der Waals surface area contributed by atoms with Crippen molar-refractivity contribution in [3.05, 3.63) is 24.0 Å². The summed E-state index contributed by atoms with van der Waals surface area (Å²) < 4.78 is 13.4. The number of carbonyl (C=O) groups excluding carboxylic acids is 2. The molecule has 1 fully saturated rings. The minimum atomic E-state index is -1.14. The number of fused-ring (bicyclic) bond motifs is 1. The molecule has 0 spiro atoms.